The first-order valence-electron chi connectivity index (χ1n) is 6.60. The Balaban J connectivity index is 1.81. The van der Waals surface area contributed by atoms with Crippen LogP contribution in [0.2, 0.25) is 0 Å². The molecule has 17 heavy (non-hydrogen) atoms. The van der Waals surface area contributed by atoms with Gasteiger partial charge < -0.3 is 9.84 Å². The van der Waals surface area contributed by atoms with E-state index < -0.39 is 5.60 Å². The van der Waals surface area contributed by atoms with Gasteiger partial charge in [0.15, 0.2) is 0 Å². The second-order valence-electron chi connectivity index (χ2n) is 5.39. The second kappa shape index (κ2) is 4.10. The summed E-state index contributed by atoms with van der Waals surface area (Å²) in [6.07, 6.45) is 9.00. The minimum absolute atomic E-state index is 0.244. The summed E-state index contributed by atoms with van der Waals surface area (Å²) >= 11 is 0. The molecule has 1 aromatic rings. The number of hydrogen-bond acceptors (Lipinski definition) is 3. The van der Waals surface area contributed by atoms with E-state index in [9.17, 15) is 5.11 Å². The van der Waals surface area contributed by atoms with Gasteiger partial charge in [0, 0.05) is 31.1 Å². The molecule has 2 unspecified atom stereocenters. The number of nitrogens with zero attached hydrogens (tertiary/aromatic N) is 2. The molecular weight excluding hydrogens is 216 g/mol. The molecular formula is C13H20N2O2. The first-order chi connectivity index (χ1) is 8.19. The average molecular weight is 236 g/mol. The maximum Gasteiger partial charge on any atom is 0.0976 e. The van der Waals surface area contributed by atoms with Crippen LogP contribution in [0.1, 0.15) is 44.6 Å². The molecule has 2 atom stereocenters. The van der Waals surface area contributed by atoms with E-state index in [1.54, 1.807) is 0 Å². The summed E-state index contributed by atoms with van der Waals surface area (Å²) in [5.74, 6) is 0. The van der Waals surface area contributed by atoms with E-state index in [0.29, 0.717) is 0 Å². The van der Waals surface area contributed by atoms with Crippen molar-refractivity contribution in [2.24, 2.45) is 0 Å². The Labute approximate surface area is 102 Å². The third-order valence-corrected chi connectivity index (χ3v) is 3.95. The van der Waals surface area contributed by atoms with Gasteiger partial charge in [0.1, 0.15) is 0 Å². The molecule has 2 aliphatic rings. The number of aliphatic hydroxyl groups is 1. The molecule has 0 aliphatic carbocycles. The quantitative estimate of drug-likeness (QED) is 0.871. The fraction of sp³-hybridized carbons (Fsp3) is 0.769. The first kappa shape index (κ1) is 11.2. The topological polar surface area (TPSA) is 47.3 Å². The van der Waals surface area contributed by atoms with Crippen LogP contribution < -0.4 is 0 Å². The molecule has 1 N–H and O–H groups in total. The molecule has 4 nitrogen and oxygen atoms in total. The largest absolute Gasteiger partial charge is 0.385 e. The molecule has 3 rings (SSSR count). The van der Waals surface area contributed by atoms with Gasteiger partial charge in [-0.2, -0.15) is 5.10 Å². The molecule has 3 heterocycles. The third kappa shape index (κ3) is 2.00. The van der Waals surface area contributed by atoms with Gasteiger partial charge in [-0.3, -0.25) is 4.68 Å². The molecule has 0 amide bonds. The molecule has 94 valence electrons. The SMILES string of the molecule is CCCn1cc(C2(O)CC3CCC(C2)O3)cn1. The molecule has 1 aromatic heterocycles. The lowest BCUT2D eigenvalue weighted by atomic mass is 9.85. The predicted molar refractivity (Wildman–Crippen MR) is 63.5 cm³/mol. The number of fused-ring (bicyclic) bond motifs is 2. The van der Waals surface area contributed by atoms with E-state index in [4.69, 9.17) is 4.74 Å². The second-order valence-corrected chi connectivity index (χ2v) is 5.39. The Morgan fingerprint density at radius 3 is 2.82 bits per heavy atom. The Morgan fingerprint density at radius 2 is 2.18 bits per heavy atom. The Hall–Kier alpha value is -0.870. The summed E-state index contributed by atoms with van der Waals surface area (Å²) in [5, 5.41) is 15.1. The van der Waals surface area contributed by atoms with Crippen molar-refractivity contribution in [3.63, 3.8) is 0 Å². The zero-order chi connectivity index (χ0) is 11.9. The molecule has 0 spiro atoms. The Morgan fingerprint density at radius 1 is 1.47 bits per heavy atom. The zero-order valence-corrected chi connectivity index (χ0v) is 10.3. The smallest absolute Gasteiger partial charge is 0.0976 e. The minimum Gasteiger partial charge on any atom is -0.385 e. The van der Waals surface area contributed by atoms with Gasteiger partial charge in [-0.1, -0.05) is 6.92 Å². The summed E-state index contributed by atoms with van der Waals surface area (Å²) in [5.41, 5.74) is 0.252. The van der Waals surface area contributed by atoms with Gasteiger partial charge in [-0.15, -0.1) is 0 Å². The number of hydrogen-bond donors (Lipinski definition) is 1. The molecule has 2 aliphatic heterocycles. The van der Waals surface area contributed by atoms with Crippen LogP contribution in [0.3, 0.4) is 0 Å². The van der Waals surface area contributed by atoms with Gasteiger partial charge in [0.05, 0.1) is 24.0 Å². The van der Waals surface area contributed by atoms with Crippen molar-refractivity contribution in [3.8, 4) is 0 Å². The summed E-state index contributed by atoms with van der Waals surface area (Å²) < 4.78 is 7.70. The number of rotatable bonds is 3. The molecule has 0 saturated carbocycles. The number of aryl methyl sites for hydroxylation is 1. The van der Waals surface area contributed by atoms with Crippen molar-refractivity contribution in [1.29, 1.82) is 0 Å². The van der Waals surface area contributed by atoms with Crippen LogP contribution >= 0.6 is 0 Å². The van der Waals surface area contributed by atoms with Crippen molar-refractivity contribution in [2.75, 3.05) is 0 Å². The standard InChI is InChI=1S/C13H20N2O2/c1-2-5-15-9-10(8-14-15)13(16)6-11-3-4-12(7-13)17-11/h8-9,11-12,16H,2-7H2,1H3. The molecule has 2 fully saturated rings. The van der Waals surface area contributed by atoms with E-state index in [2.05, 4.69) is 12.0 Å². The molecule has 0 aromatic carbocycles. The van der Waals surface area contributed by atoms with Crippen LogP contribution in [-0.2, 0) is 16.9 Å². The van der Waals surface area contributed by atoms with Crippen molar-refractivity contribution in [3.05, 3.63) is 18.0 Å². The number of ether oxygens (including phenoxy) is 1. The molecule has 2 bridgehead atoms. The highest BCUT2D eigenvalue weighted by molar-refractivity contribution is 5.18. The maximum absolute atomic E-state index is 10.8. The van der Waals surface area contributed by atoms with E-state index >= 15 is 0 Å². The molecule has 0 radical (unpaired) electrons. The summed E-state index contributed by atoms with van der Waals surface area (Å²) in [7, 11) is 0. The van der Waals surface area contributed by atoms with E-state index in [0.717, 1.165) is 44.2 Å². The van der Waals surface area contributed by atoms with Crippen LogP contribution in [0.4, 0.5) is 0 Å². The van der Waals surface area contributed by atoms with Gasteiger partial charge >= 0.3 is 0 Å². The number of aromatic nitrogens is 2. The van der Waals surface area contributed by atoms with Gasteiger partial charge in [-0.25, -0.2) is 0 Å². The fourth-order valence-electron chi connectivity index (χ4n) is 3.11. The van der Waals surface area contributed by atoms with Crippen LogP contribution in [-0.4, -0.2) is 27.1 Å². The first-order valence-corrected chi connectivity index (χ1v) is 6.60. The highest BCUT2D eigenvalue weighted by Crippen LogP contribution is 2.43. The van der Waals surface area contributed by atoms with Crippen LogP contribution in [0.25, 0.3) is 0 Å². The summed E-state index contributed by atoms with van der Waals surface area (Å²) in [6, 6.07) is 0. The average Bonchev–Trinajstić information content (AvgIpc) is 2.87. The van der Waals surface area contributed by atoms with E-state index in [1.807, 2.05) is 17.1 Å². The summed E-state index contributed by atoms with van der Waals surface area (Å²) in [6.45, 7) is 3.05. The van der Waals surface area contributed by atoms with Crippen molar-refractivity contribution < 1.29 is 9.84 Å². The van der Waals surface area contributed by atoms with Crippen LogP contribution in [0, 0.1) is 0 Å². The van der Waals surface area contributed by atoms with Gasteiger partial charge in [-0.05, 0) is 19.3 Å². The van der Waals surface area contributed by atoms with Crippen molar-refractivity contribution in [2.45, 2.75) is 63.4 Å². The lowest BCUT2D eigenvalue weighted by molar-refractivity contribution is -0.115. The normalized spacial score (nSPS) is 36.4. The van der Waals surface area contributed by atoms with E-state index in [1.165, 1.54) is 0 Å². The highest BCUT2D eigenvalue weighted by Gasteiger charge is 2.45. The predicted octanol–water partition coefficient (Wildman–Crippen LogP) is 1.82. The molecule has 2 saturated heterocycles. The monoisotopic (exact) mass is 236 g/mol. The van der Waals surface area contributed by atoms with Crippen LogP contribution in [0.15, 0.2) is 12.4 Å². The van der Waals surface area contributed by atoms with Crippen molar-refractivity contribution in [1.82, 2.24) is 9.78 Å². The Bertz CT molecular complexity index is 390. The summed E-state index contributed by atoms with van der Waals surface area (Å²) in [4.78, 5) is 0. The lowest BCUT2D eigenvalue weighted by Crippen LogP contribution is -2.38. The third-order valence-electron chi connectivity index (χ3n) is 3.95. The van der Waals surface area contributed by atoms with Crippen LogP contribution in [0.5, 0.6) is 0 Å². The van der Waals surface area contributed by atoms with Gasteiger partial charge in [0.2, 0.25) is 0 Å². The Kier molecular flexibility index (Phi) is 2.71. The van der Waals surface area contributed by atoms with Crippen molar-refractivity contribution >= 4 is 0 Å². The zero-order valence-electron chi connectivity index (χ0n) is 10.3. The van der Waals surface area contributed by atoms with E-state index in [-0.39, 0.29) is 12.2 Å². The maximum atomic E-state index is 10.8. The fourth-order valence-corrected chi connectivity index (χ4v) is 3.11. The minimum atomic E-state index is -0.712. The molecule has 4 heteroatoms. The van der Waals surface area contributed by atoms with Gasteiger partial charge in [0.25, 0.3) is 0 Å². The highest BCUT2D eigenvalue weighted by atomic mass is 16.5. The lowest BCUT2D eigenvalue weighted by Gasteiger charge is -2.35.